The summed E-state index contributed by atoms with van der Waals surface area (Å²) in [4.78, 5) is 15.1. The third-order valence-corrected chi connectivity index (χ3v) is 4.29. The predicted octanol–water partition coefficient (Wildman–Crippen LogP) is 3.39. The number of carbonyl (C=O) groups excluding carboxylic acids is 1. The standard InChI is InChI=1S/C21H27NO5/c1-15(14-24-2)22(13-16-7-6-8-18(9-16)25-3)21(23)17-10-19(26-4)12-20(11-17)27-5/h6-12,15H,13-14H2,1-5H3. The molecular formula is C21H27NO5. The van der Waals surface area contributed by atoms with Crippen LogP contribution in [0.3, 0.4) is 0 Å². The van der Waals surface area contributed by atoms with E-state index >= 15 is 0 Å². The van der Waals surface area contributed by atoms with E-state index < -0.39 is 0 Å². The van der Waals surface area contributed by atoms with Crippen molar-refractivity contribution in [3.05, 3.63) is 53.6 Å². The summed E-state index contributed by atoms with van der Waals surface area (Å²) >= 11 is 0. The summed E-state index contributed by atoms with van der Waals surface area (Å²) in [5.74, 6) is 1.76. The number of hydrogen-bond acceptors (Lipinski definition) is 5. The number of rotatable bonds is 9. The minimum Gasteiger partial charge on any atom is -0.497 e. The van der Waals surface area contributed by atoms with Gasteiger partial charge >= 0.3 is 0 Å². The maximum Gasteiger partial charge on any atom is 0.254 e. The van der Waals surface area contributed by atoms with Crippen LogP contribution < -0.4 is 14.2 Å². The van der Waals surface area contributed by atoms with Crippen molar-refractivity contribution >= 4 is 5.91 Å². The summed E-state index contributed by atoms with van der Waals surface area (Å²) in [6, 6.07) is 12.7. The van der Waals surface area contributed by atoms with Crippen LogP contribution in [0, 0.1) is 0 Å². The molecule has 0 aliphatic rings. The maximum atomic E-state index is 13.3. The molecule has 0 radical (unpaired) electrons. The summed E-state index contributed by atoms with van der Waals surface area (Å²) in [6.07, 6.45) is 0. The van der Waals surface area contributed by atoms with Crippen LogP contribution in [0.1, 0.15) is 22.8 Å². The Bertz CT molecular complexity index is 740. The fraction of sp³-hybridized carbons (Fsp3) is 0.381. The zero-order chi connectivity index (χ0) is 19.8. The second-order valence-corrected chi connectivity index (χ2v) is 6.19. The third-order valence-electron chi connectivity index (χ3n) is 4.29. The summed E-state index contributed by atoms with van der Waals surface area (Å²) in [5, 5.41) is 0. The van der Waals surface area contributed by atoms with E-state index in [1.165, 1.54) is 0 Å². The Hall–Kier alpha value is -2.73. The summed E-state index contributed by atoms with van der Waals surface area (Å²) in [5.41, 5.74) is 1.47. The van der Waals surface area contributed by atoms with Crippen molar-refractivity contribution in [2.45, 2.75) is 19.5 Å². The smallest absolute Gasteiger partial charge is 0.254 e. The van der Waals surface area contributed by atoms with Crippen LogP contribution in [0.15, 0.2) is 42.5 Å². The molecule has 2 rings (SSSR count). The Balaban J connectivity index is 2.36. The number of benzene rings is 2. The van der Waals surface area contributed by atoms with Crippen LogP contribution in [0.5, 0.6) is 17.2 Å². The SMILES string of the molecule is COCC(C)N(Cc1cccc(OC)c1)C(=O)c1cc(OC)cc(OC)c1. The molecule has 0 saturated heterocycles. The number of amides is 1. The Morgan fingerprint density at radius 1 is 0.926 bits per heavy atom. The van der Waals surface area contributed by atoms with Gasteiger partial charge in [-0.05, 0) is 36.8 Å². The van der Waals surface area contributed by atoms with Gasteiger partial charge in [0.1, 0.15) is 17.2 Å². The van der Waals surface area contributed by atoms with Gasteiger partial charge in [0.15, 0.2) is 0 Å². The molecule has 27 heavy (non-hydrogen) atoms. The molecule has 0 fully saturated rings. The molecule has 2 aromatic rings. The number of hydrogen-bond donors (Lipinski definition) is 0. The monoisotopic (exact) mass is 373 g/mol. The first-order valence-electron chi connectivity index (χ1n) is 8.68. The van der Waals surface area contributed by atoms with Gasteiger partial charge in [0, 0.05) is 25.3 Å². The van der Waals surface area contributed by atoms with Gasteiger partial charge in [0.25, 0.3) is 5.91 Å². The minimum atomic E-state index is -0.125. The Morgan fingerprint density at radius 2 is 1.56 bits per heavy atom. The zero-order valence-corrected chi connectivity index (χ0v) is 16.5. The number of nitrogens with zero attached hydrogens (tertiary/aromatic N) is 1. The average molecular weight is 373 g/mol. The molecule has 0 aliphatic heterocycles. The second-order valence-electron chi connectivity index (χ2n) is 6.19. The zero-order valence-electron chi connectivity index (χ0n) is 16.5. The van der Waals surface area contributed by atoms with Crippen LogP contribution in [0.2, 0.25) is 0 Å². The van der Waals surface area contributed by atoms with Crippen molar-refractivity contribution in [3.8, 4) is 17.2 Å². The fourth-order valence-electron chi connectivity index (χ4n) is 2.82. The van der Waals surface area contributed by atoms with E-state index in [9.17, 15) is 4.79 Å². The van der Waals surface area contributed by atoms with Gasteiger partial charge in [-0.3, -0.25) is 4.79 Å². The molecule has 1 amide bonds. The summed E-state index contributed by atoms with van der Waals surface area (Å²) in [6.45, 7) is 2.82. The maximum absolute atomic E-state index is 13.3. The van der Waals surface area contributed by atoms with E-state index in [0.717, 1.165) is 11.3 Å². The number of carbonyl (C=O) groups is 1. The highest BCUT2D eigenvalue weighted by Crippen LogP contribution is 2.25. The van der Waals surface area contributed by atoms with Gasteiger partial charge in [-0.25, -0.2) is 0 Å². The molecule has 0 aliphatic carbocycles. The highest BCUT2D eigenvalue weighted by Gasteiger charge is 2.23. The molecule has 6 nitrogen and oxygen atoms in total. The van der Waals surface area contributed by atoms with Crippen molar-refractivity contribution in [3.63, 3.8) is 0 Å². The third kappa shape index (κ3) is 5.37. The molecule has 0 heterocycles. The van der Waals surface area contributed by atoms with Crippen molar-refractivity contribution in [1.29, 1.82) is 0 Å². The van der Waals surface area contributed by atoms with Gasteiger partial charge in [0.2, 0.25) is 0 Å². The van der Waals surface area contributed by atoms with Crippen LogP contribution >= 0.6 is 0 Å². The van der Waals surface area contributed by atoms with Crippen LogP contribution in [0.25, 0.3) is 0 Å². The van der Waals surface area contributed by atoms with E-state index in [1.807, 2.05) is 31.2 Å². The van der Waals surface area contributed by atoms with Crippen LogP contribution in [-0.4, -0.2) is 51.9 Å². The molecule has 1 unspecified atom stereocenters. The lowest BCUT2D eigenvalue weighted by Gasteiger charge is -2.29. The number of ether oxygens (including phenoxy) is 4. The summed E-state index contributed by atoms with van der Waals surface area (Å²) < 4.78 is 21.1. The molecule has 0 spiro atoms. The normalized spacial score (nSPS) is 11.6. The van der Waals surface area contributed by atoms with Crippen molar-refractivity contribution in [1.82, 2.24) is 4.90 Å². The first kappa shape index (κ1) is 20.6. The Labute approximate surface area is 160 Å². The minimum absolute atomic E-state index is 0.120. The van der Waals surface area contributed by atoms with E-state index in [2.05, 4.69) is 0 Å². The summed E-state index contributed by atoms with van der Waals surface area (Å²) in [7, 11) is 6.37. The molecule has 1 atom stereocenters. The quantitative estimate of drug-likeness (QED) is 0.674. The predicted molar refractivity (Wildman–Crippen MR) is 104 cm³/mol. The average Bonchev–Trinajstić information content (AvgIpc) is 2.71. The molecule has 0 aromatic heterocycles. The lowest BCUT2D eigenvalue weighted by Crippen LogP contribution is -2.40. The van der Waals surface area contributed by atoms with Gasteiger partial charge < -0.3 is 23.8 Å². The van der Waals surface area contributed by atoms with Gasteiger partial charge in [-0.2, -0.15) is 0 Å². The number of methoxy groups -OCH3 is 4. The van der Waals surface area contributed by atoms with E-state index in [4.69, 9.17) is 18.9 Å². The molecule has 146 valence electrons. The van der Waals surface area contributed by atoms with Crippen molar-refractivity contribution in [2.24, 2.45) is 0 Å². The Kier molecular flexibility index (Phi) is 7.49. The lowest BCUT2D eigenvalue weighted by molar-refractivity contribution is 0.0541. The van der Waals surface area contributed by atoms with E-state index in [-0.39, 0.29) is 11.9 Å². The van der Waals surface area contributed by atoms with Gasteiger partial charge in [0.05, 0.1) is 34.0 Å². The topological polar surface area (TPSA) is 57.2 Å². The van der Waals surface area contributed by atoms with Gasteiger partial charge in [-0.15, -0.1) is 0 Å². The van der Waals surface area contributed by atoms with Crippen molar-refractivity contribution in [2.75, 3.05) is 35.0 Å². The molecule has 6 heteroatoms. The molecule has 2 aromatic carbocycles. The van der Waals surface area contributed by atoms with E-state index in [0.29, 0.717) is 30.2 Å². The molecular weight excluding hydrogens is 346 g/mol. The lowest BCUT2D eigenvalue weighted by atomic mass is 10.1. The molecule has 0 bridgehead atoms. The fourth-order valence-corrected chi connectivity index (χ4v) is 2.82. The largest absolute Gasteiger partial charge is 0.497 e. The Morgan fingerprint density at radius 3 is 2.11 bits per heavy atom. The van der Waals surface area contributed by atoms with Crippen molar-refractivity contribution < 1.29 is 23.7 Å². The molecule has 0 saturated carbocycles. The second kappa shape index (κ2) is 9.83. The highest BCUT2D eigenvalue weighted by atomic mass is 16.5. The molecule has 0 N–H and O–H groups in total. The first-order valence-corrected chi connectivity index (χ1v) is 8.68. The first-order chi connectivity index (χ1) is 13.0. The van der Waals surface area contributed by atoms with E-state index in [1.54, 1.807) is 51.5 Å². The van der Waals surface area contributed by atoms with Crippen LogP contribution in [-0.2, 0) is 11.3 Å². The van der Waals surface area contributed by atoms with Crippen LogP contribution in [0.4, 0.5) is 0 Å². The van der Waals surface area contributed by atoms with Gasteiger partial charge in [-0.1, -0.05) is 12.1 Å². The highest BCUT2D eigenvalue weighted by molar-refractivity contribution is 5.95.